The third-order valence-electron chi connectivity index (χ3n) is 19.2. The number of ether oxygens (including phenoxy) is 3. The summed E-state index contributed by atoms with van der Waals surface area (Å²) in [4.78, 5) is 126. The smallest absolute Gasteiger partial charge is 0.870 e. The van der Waals surface area contributed by atoms with Crippen LogP contribution in [-0.2, 0) is 51.0 Å². The summed E-state index contributed by atoms with van der Waals surface area (Å²) in [5, 5.41) is 5.74. The molecule has 0 bridgehead atoms. The Bertz CT molecular complexity index is 4380. The van der Waals surface area contributed by atoms with Gasteiger partial charge in [-0.3, -0.25) is 38.7 Å². The van der Waals surface area contributed by atoms with Crippen LogP contribution in [0.3, 0.4) is 0 Å². The van der Waals surface area contributed by atoms with Crippen molar-refractivity contribution in [3.63, 3.8) is 0 Å². The Labute approximate surface area is 668 Å². The number of hydrogen-bond donors (Lipinski definition) is 2. The summed E-state index contributed by atoms with van der Waals surface area (Å²) in [6, 6.07) is 26.2. The molecule has 7 amide bonds. The van der Waals surface area contributed by atoms with Crippen molar-refractivity contribution >= 4 is 47.8 Å². The number of aromatic nitrogens is 6. The molecule has 10 rings (SSSR count). The van der Waals surface area contributed by atoms with Crippen molar-refractivity contribution in [2.24, 2.45) is 5.92 Å². The van der Waals surface area contributed by atoms with Crippen molar-refractivity contribution in [2.75, 3.05) is 59.5 Å². The van der Waals surface area contributed by atoms with E-state index >= 15 is 0 Å². The Hall–Kier alpha value is -10.4. The van der Waals surface area contributed by atoms with Crippen LogP contribution in [0.25, 0.3) is 17.1 Å². The van der Waals surface area contributed by atoms with Gasteiger partial charge >= 0.3 is 25.0 Å². The molecular formula is C82H100F5LiN13O12-. The van der Waals surface area contributed by atoms with Crippen LogP contribution >= 0.6 is 0 Å². The first-order valence-corrected chi connectivity index (χ1v) is 37.2. The van der Waals surface area contributed by atoms with E-state index in [4.69, 9.17) is 14.2 Å². The maximum absolute atomic E-state index is 14.3. The second-order valence-electron chi connectivity index (χ2n) is 28.3. The fraction of sp³-hybridized carbons (Fsp3) is 0.427. The summed E-state index contributed by atoms with van der Waals surface area (Å²) in [5.41, 5.74) is 3.57. The van der Waals surface area contributed by atoms with Gasteiger partial charge in [-0.2, -0.15) is 0 Å². The molecule has 8 aromatic rings. The Balaban J connectivity index is 0.000000297. The second-order valence-corrected chi connectivity index (χ2v) is 28.3. The molecule has 2 fully saturated rings. The third-order valence-corrected chi connectivity index (χ3v) is 19.2. The standard InChI is InChI=1S/C38H50F2N6O6.C34H43F2N5O4.C10H6FN2O.Li.H2O/c1-8-51-26(3)33(42-34(47)25(2)43(7)37(50)52-38(4,5)6)36(49)46-20-9-10-31(46)22-44(21-19-27-11-13-28(39)14-12-27)35(48)32-23-45(24-41-32)30-17-15-29(40)16-18-30;1-5-23(3)32(42)38-31(24(4)45-6-2)34(44)41-18-7-8-29(41)20-39(19-17-25-9-11-26(35)12-10-25)33(43)30-21-40(22-37-30)28-15-13-27(36)14-16-28;11-8-1-3-10(4-2-8)13-5-9(6-14)12-7-13;;/h11-18,23-26,31,33H,8-10,19-22H2,1-7H3,(H,42,47);9-16,21-24,29,31H,5-8,17-20H2,1-4H3,(H,38,42);1-5,7H;;1H2/q;;-1;+1;/p-1/t25-,26+,31-,33-;23-,24-,29+,31+;;;/m01.../s1. The van der Waals surface area contributed by atoms with Crippen LogP contribution in [0.15, 0.2) is 159 Å². The van der Waals surface area contributed by atoms with E-state index in [-0.39, 0.29) is 138 Å². The van der Waals surface area contributed by atoms with Crippen LogP contribution in [0.1, 0.15) is 139 Å². The van der Waals surface area contributed by atoms with Crippen molar-refractivity contribution in [1.29, 1.82) is 0 Å². The summed E-state index contributed by atoms with van der Waals surface area (Å²) < 4.78 is 88.6. The van der Waals surface area contributed by atoms with Crippen LogP contribution in [0, 0.1) is 35.0 Å². The zero-order valence-electron chi connectivity index (χ0n) is 66.0. The fourth-order valence-corrected chi connectivity index (χ4v) is 12.6. The summed E-state index contributed by atoms with van der Waals surface area (Å²) in [5.74, 6) is -4.04. The van der Waals surface area contributed by atoms with E-state index in [1.54, 1.807) is 161 Å². The maximum atomic E-state index is 14.3. The van der Waals surface area contributed by atoms with Gasteiger partial charge in [-0.05, 0) is 214 Å². The Morgan fingerprint density at radius 3 is 1.24 bits per heavy atom. The first-order chi connectivity index (χ1) is 53.0. The fourth-order valence-electron chi connectivity index (χ4n) is 12.6. The number of carbonyl (C=O) groups is 7. The number of carbonyl (C=O) groups excluding carboxylic acids is 8. The SMILES string of the molecule is CCO[C@H](C)[C@H](NC(=O)[C@H](C)CC)C(=O)N1CCC[C@H]1CN(CCc1ccc(F)cc1)C(=O)c1cn(-c2ccc(F)cc2)cn1.CCO[C@H](C)[C@H](NC(=O)[C@H](C)N(C)C(=O)OC(C)(C)C)C(=O)N1CCC[C@H]1CN(CCc1ccc(F)cc1)C(=O)c1cn(-c2ccc(F)cc2)cn1.O=[C-]c1cn(-c2ccc(F)cc2)cn1.[Li+].[OH-]. The monoisotopic (exact) mass is 1560 g/mol. The first kappa shape index (κ1) is 91.5. The van der Waals surface area contributed by atoms with Crippen molar-refractivity contribution in [3.05, 3.63) is 216 Å². The van der Waals surface area contributed by atoms with Gasteiger partial charge in [-0.1, -0.05) is 38.1 Å². The number of rotatable bonds is 30. The van der Waals surface area contributed by atoms with Crippen molar-refractivity contribution in [2.45, 2.75) is 162 Å². The summed E-state index contributed by atoms with van der Waals surface area (Å²) in [6.45, 7) is 20.2. The molecule has 8 atom stereocenters. The minimum Gasteiger partial charge on any atom is -0.870 e. The van der Waals surface area contributed by atoms with Crippen LogP contribution in [0.4, 0.5) is 26.7 Å². The van der Waals surface area contributed by atoms with Crippen molar-refractivity contribution in [1.82, 2.24) is 63.8 Å². The molecule has 5 heterocycles. The average molecular weight is 1560 g/mol. The minimum atomic E-state index is -1.07. The van der Waals surface area contributed by atoms with Gasteiger partial charge in [0.2, 0.25) is 23.6 Å². The molecule has 5 aromatic carbocycles. The molecule has 2 aliphatic heterocycles. The summed E-state index contributed by atoms with van der Waals surface area (Å²) >= 11 is 0. The summed E-state index contributed by atoms with van der Waals surface area (Å²) in [6.07, 6.45) is 13.2. The van der Waals surface area contributed by atoms with E-state index in [1.807, 2.05) is 20.8 Å². The zero-order valence-corrected chi connectivity index (χ0v) is 66.0. The molecule has 25 nitrogen and oxygen atoms in total. The quantitative estimate of drug-likeness (QED) is 0.0244. The number of nitrogens with one attached hydrogen (secondary N) is 2. The van der Waals surface area contributed by atoms with Gasteiger partial charge < -0.3 is 68.4 Å². The molecule has 113 heavy (non-hydrogen) atoms. The number of amides is 7. The largest absolute Gasteiger partial charge is 1.00 e. The molecule has 0 unspecified atom stereocenters. The number of likely N-dealkylation sites (N-methyl/N-ethyl adjacent to an activating group) is 1. The molecule has 0 radical (unpaired) electrons. The molecular weight excluding hydrogens is 1460 g/mol. The van der Waals surface area contributed by atoms with Gasteiger partial charge in [0.05, 0.1) is 18.5 Å². The van der Waals surface area contributed by atoms with E-state index in [1.165, 1.54) is 97.8 Å². The molecule has 0 saturated carbocycles. The van der Waals surface area contributed by atoms with Crippen LogP contribution in [0.2, 0.25) is 0 Å². The number of imidazole rings is 3. The normalized spacial score (nSPS) is 15.3. The maximum Gasteiger partial charge on any atom is 1.00 e. The van der Waals surface area contributed by atoms with Gasteiger partial charge in [0, 0.05) is 113 Å². The first-order valence-electron chi connectivity index (χ1n) is 37.2. The van der Waals surface area contributed by atoms with Crippen LogP contribution < -0.4 is 29.5 Å². The number of nitrogens with zero attached hydrogens (tertiary/aromatic N) is 11. The van der Waals surface area contributed by atoms with E-state index < -0.39 is 47.9 Å². The van der Waals surface area contributed by atoms with E-state index in [2.05, 4.69) is 25.6 Å². The van der Waals surface area contributed by atoms with Gasteiger partial charge in [0.15, 0.2) is 0 Å². The van der Waals surface area contributed by atoms with Gasteiger partial charge in [0.25, 0.3) is 11.8 Å². The van der Waals surface area contributed by atoms with E-state index in [0.717, 1.165) is 23.2 Å². The molecule has 3 N–H and O–H groups in total. The van der Waals surface area contributed by atoms with Gasteiger partial charge in [-0.15, -0.1) is 6.20 Å². The Kier molecular flexibility index (Phi) is 35.3. The van der Waals surface area contributed by atoms with E-state index in [0.29, 0.717) is 82.7 Å². The number of halogens is 5. The minimum absolute atomic E-state index is 0. The number of hydrogen-bond acceptors (Lipinski definition) is 15. The third kappa shape index (κ3) is 26.4. The zero-order chi connectivity index (χ0) is 80.6. The molecule has 0 aliphatic carbocycles. The molecule has 0 spiro atoms. The Morgan fingerprint density at radius 1 is 0.540 bits per heavy atom. The average Bonchev–Trinajstić information content (AvgIpc) is 1.75. The molecule has 31 heteroatoms. The van der Waals surface area contributed by atoms with Gasteiger partial charge in [-0.25, -0.2) is 36.7 Å². The predicted octanol–water partition coefficient (Wildman–Crippen LogP) is 8.07. The second kappa shape index (κ2) is 43.6. The molecule has 2 aliphatic rings. The van der Waals surface area contributed by atoms with Crippen molar-refractivity contribution in [3.8, 4) is 17.1 Å². The number of likely N-dealkylation sites (tertiary alicyclic amines) is 2. The van der Waals surface area contributed by atoms with Gasteiger partial charge in [0.1, 0.15) is 76.9 Å². The molecule has 2 saturated heterocycles. The predicted molar refractivity (Wildman–Crippen MR) is 408 cm³/mol. The van der Waals surface area contributed by atoms with E-state index in [9.17, 15) is 60.3 Å². The van der Waals surface area contributed by atoms with Crippen LogP contribution in [0.5, 0.6) is 0 Å². The van der Waals surface area contributed by atoms with Crippen molar-refractivity contribution < 1.29 is 98.9 Å². The topological polar surface area (TPSA) is 288 Å². The summed E-state index contributed by atoms with van der Waals surface area (Å²) in [7, 11) is 1.46. The number of benzene rings is 5. The molecule has 602 valence electrons. The van der Waals surface area contributed by atoms with Crippen LogP contribution in [-0.4, -0.2) is 214 Å². The molecule has 3 aromatic heterocycles. The Morgan fingerprint density at radius 2 is 0.894 bits per heavy atom.